The highest BCUT2D eigenvalue weighted by Crippen LogP contribution is 2.46. The molecule has 2 atom stereocenters. The van der Waals surface area contributed by atoms with E-state index in [4.69, 9.17) is 30.4 Å². The maximum Gasteiger partial charge on any atom is 0.126 e. The number of ether oxygens (including phenoxy) is 4. The Hall–Kier alpha value is -2.85. The van der Waals surface area contributed by atoms with Crippen LogP contribution in [0.2, 0.25) is 0 Å². The molecule has 0 saturated heterocycles. The number of rotatable bonds is 10. The van der Waals surface area contributed by atoms with Gasteiger partial charge in [0.25, 0.3) is 0 Å². The van der Waals surface area contributed by atoms with Crippen LogP contribution in [0.15, 0.2) is 63.6 Å². The van der Waals surface area contributed by atoms with Crippen molar-refractivity contribution in [2.45, 2.75) is 18.9 Å². The predicted octanol–water partition coefficient (Wildman–Crippen LogP) is 3.67. The molecule has 0 bridgehead atoms. The third-order valence-corrected chi connectivity index (χ3v) is 5.48. The van der Waals surface area contributed by atoms with Crippen molar-refractivity contribution in [3.63, 3.8) is 0 Å². The van der Waals surface area contributed by atoms with Gasteiger partial charge in [-0.3, -0.25) is 4.99 Å². The van der Waals surface area contributed by atoms with Crippen molar-refractivity contribution in [2.75, 3.05) is 46.0 Å². The lowest BCUT2D eigenvalue weighted by Gasteiger charge is -2.27. The number of anilines is 1. The van der Waals surface area contributed by atoms with Gasteiger partial charge in [-0.2, -0.15) is 0 Å². The standard InChI is InChI=1S/C25H28N2O4/c1-4-17-6-5-7-19(12-17)27-25-20-13-18(20)16-26-22-15-24(31-11-9-29-3)23(14-21(22)25)30-10-8-28-2/h1,5-7,12,14,16,18,24,27H,8-11,13,15H2,2-3H3/t18-,24?/m0/s1. The van der Waals surface area contributed by atoms with Gasteiger partial charge in [-0.1, -0.05) is 12.0 Å². The van der Waals surface area contributed by atoms with Crippen LogP contribution >= 0.6 is 0 Å². The molecule has 0 radical (unpaired) electrons. The lowest BCUT2D eigenvalue weighted by atomic mass is 9.96. The van der Waals surface area contributed by atoms with Crippen LogP contribution in [-0.4, -0.2) is 53.0 Å². The fraction of sp³-hybridized carbons (Fsp3) is 0.400. The van der Waals surface area contributed by atoms with Gasteiger partial charge in [0.05, 0.1) is 25.5 Å². The number of allylic oxidation sites excluding steroid dienone is 2. The Morgan fingerprint density at radius 1 is 1.13 bits per heavy atom. The molecule has 31 heavy (non-hydrogen) atoms. The third-order valence-electron chi connectivity index (χ3n) is 5.48. The predicted molar refractivity (Wildman–Crippen MR) is 121 cm³/mol. The summed E-state index contributed by atoms with van der Waals surface area (Å²) in [5.41, 5.74) is 6.30. The number of hydrogen-bond donors (Lipinski definition) is 1. The van der Waals surface area contributed by atoms with E-state index in [-0.39, 0.29) is 6.10 Å². The molecule has 0 amide bonds. The molecule has 1 heterocycles. The van der Waals surface area contributed by atoms with E-state index in [1.54, 1.807) is 14.2 Å². The van der Waals surface area contributed by atoms with Crippen molar-refractivity contribution in [2.24, 2.45) is 10.9 Å². The van der Waals surface area contributed by atoms with Crippen molar-refractivity contribution in [1.29, 1.82) is 0 Å². The zero-order valence-corrected chi connectivity index (χ0v) is 18.0. The van der Waals surface area contributed by atoms with E-state index >= 15 is 0 Å². The number of fused-ring (bicyclic) bond motifs is 1. The highest BCUT2D eigenvalue weighted by atomic mass is 16.6. The summed E-state index contributed by atoms with van der Waals surface area (Å²) in [5.74, 6) is 3.87. The largest absolute Gasteiger partial charge is 0.493 e. The van der Waals surface area contributed by atoms with Gasteiger partial charge in [-0.25, -0.2) is 0 Å². The molecule has 162 valence electrons. The summed E-state index contributed by atoms with van der Waals surface area (Å²) in [6, 6.07) is 7.90. The minimum Gasteiger partial charge on any atom is -0.493 e. The highest BCUT2D eigenvalue weighted by Gasteiger charge is 2.37. The summed E-state index contributed by atoms with van der Waals surface area (Å²) in [4.78, 5) is 4.81. The molecular weight excluding hydrogens is 392 g/mol. The first-order valence-corrected chi connectivity index (χ1v) is 10.5. The molecule has 1 aromatic carbocycles. The van der Waals surface area contributed by atoms with E-state index in [1.807, 2.05) is 30.5 Å². The Morgan fingerprint density at radius 3 is 2.77 bits per heavy atom. The second-order valence-electron chi connectivity index (χ2n) is 7.64. The number of aliphatic imine (C=N–C) groups is 1. The van der Waals surface area contributed by atoms with Crippen LogP contribution in [0, 0.1) is 18.3 Å². The molecule has 1 aromatic rings. The topological polar surface area (TPSA) is 61.3 Å². The van der Waals surface area contributed by atoms with Gasteiger partial charge in [-0.15, -0.1) is 6.42 Å². The molecule has 1 fully saturated rings. The molecule has 1 N–H and O–H groups in total. The molecule has 1 unspecified atom stereocenters. The average Bonchev–Trinajstić information content (AvgIpc) is 3.57. The summed E-state index contributed by atoms with van der Waals surface area (Å²) in [5, 5.41) is 3.60. The Balaban J connectivity index is 1.63. The zero-order chi connectivity index (χ0) is 21.6. The van der Waals surface area contributed by atoms with E-state index in [2.05, 4.69) is 17.3 Å². The lowest BCUT2D eigenvalue weighted by Crippen LogP contribution is -2.25. The van der Waals surface area contributed by atoms with Crippen LogP contribution in [0.4, 0.5) is 5.69 Å². The quantitative estimate of drug-likeness (QED) is 0.462. The Morgan fingerprint density at radius 2 is 1.97 bits per heavy atom. The Bertz CT molecular complexity index is 983. The lowest BCUT2D eigenvalue weighted by molar-refractivity contribution is -0.00383. The second kappa shape index (κ2) is 9.97. The van der Waals surface area contributed by atoms with E-state index in [1.165, 1.54) is 5.57 Å². The van der Waals surface area contributed by atoms with E-state index < -0.39 is 0 Å². The normalized spacial score (nSPS) is 21.6. The second-order valence-corrected chi connectivity index (χ2v) is 7.64. The summed E-state index contributed by atoms with van der Waals surface area (Å²) in [6.45, 7) is 2.00. The van der Waals surface area contributed by atoms with Crippen LogP contribution < -0.4 is 5.32 Å². The maximum atomic E-state index is 6.05. The number of nitrogens with zero attached hydrogens (tertiary/aromatic N) is 1. The molecule has 2 aliphatic carbocycles. The molecule has 1 saturated carbocycles. The van der Waals surface area contributed by atoms with Gasteiger partial charge in [0.15, 0.2) is 0 Å². The summed E-state index contributed by atoms with van der Waals surface area (Å²) < 4.78 is 22.4. The molecule has 6 nitrogen and oxygen atoms in total. The van der Waals surface area contributed by atoms with Crippen molar-refractivity contribution >= 4 is 11.9 Å². The summed E-state index contributed by atoms with van der Waals surface area (Å²) in [7, 11) is 3.33. The molecule has 3 aliphatic rings. The zero-order valence-electron chi connectivity index (χ0n) is 18.0. The number of methoxy groups -OCH3 is 2. The van der Waals surface area contributed by atoms with Crippen LogP contribution in [-0.2, 0) is 18.9 Å². The molecule has 1 aliphatic heterocycles. The third kappa shape index (κ3) is 5.08. The maximum absolute atomic E-state index is 6.05. The van der Waals surface area contributed by atoms with Gasteiger partial charge in [-0.05, 0) is 36.3 Å². The van der Waals surface area contributed by atoms with Crippen LogP contribution in [0.5, 0.6) is 0 Å². The minimum atomic E-state index is -0.201. The van der Waals surface area contributed by atoms with E-state index in [9.17, 15) is 0 Å². The summed E-state index contributed by atoms with van der Waals surface area (Å²) in [6.07, 6.45) is 11.1. The SMILES string of the molecule is C#Cc1cccc(NC2=C3C[C@H]3C=NC3=C2C=C(OCCOC)C(OCCOC)C3)c1. The molecule has 0 spiro atoms. The van der Waals surface area contributed by atoms with Crippen molar-refractivity contribution in [3.05, 3.63) is 64.2 Å². The van der Waals surface area contributed by atoms with Crippen LogP contribution in [0.1, 0.15) is 18.4 Å². The first-order chi connectivity index (χ1) is 15.2. The minimum absolute atomic E-state index is 0.201. The number of hydrogen-bond acceptors (Lipinski definition) is 6. The van der Waals surface area contributed by atoms with E-state index in [0.29, 0.717) is 38.8 Å². The molecular formula is C25H28N2O4. The van der Waals surface area contributed by atoms with Gasteiger partial charge in [0.1, 0.15) is 18.5 Å². The van der Waals surface area contributed by atoms with E-state index in [0.717, 1.165) is 40.4 Å². The van der Waals surface area contributed by atoms with Gasteiger partial charge in [0.2, 0.25) is 0 Å². The Labute approximate surface area is 183 Å². The average molecular weight is 421 g/mol. The molecule has 0 aromatic heterocycles. The fourth-order valence-corrected chi connectivity index (χ4v) is 3.78. The van der Waals surface area contributed by atoms with Crippen LogP contribution in [0.25, 0.3) is 0 Å². The van der Waals surface area contributed by atoms with Gasteiger partial charge >= 0.3 is 0 Å². The monoisotopic (exact) mass is 420 g/mol. The Kier molecular flexibility index (Phi) is 6.88. The number of terminal acetylenes is 1. The molecule has 4 rings (SSSR count). The highest BCUT2D eigenvalue weighted by molar-refractivity contribution is 5.79. The first-order valence-electron chi connectivity index (χ1n) is 10.5. The van der Waals surface area contributed by atoms with Crippen LogP contribution in [0.3, 0.4) is 0 Å². The van der Waals surface area contributed by atoms with Gasteiger partial charge < -0.3 is 24.3 Å². The van der Waals surface area contributed by atoms with Crippen molar-refractivity contribution in [3.8, 4) is 12.3 Å². The fourth-order valence-electron chi connectivity index (χ4n) is 3.78. The van der Waals surface area contributed by atoms with Gasteiger partial charge in [0, 0.05) is 55.3 Å². The smallest absolute Gasteiger partial charge is 0.126 e. The first kappa shape index (κ1) is 21.4. The van der Waals surface area contributed by atoms with Crippen molar-refractivity contribution in [1.82, 2.24) is 0 Å². The number of nitrogens with one attached hydrogen (secondary N) is 1. The number of benzene rings is 1. The summed E-state index contributed by atoms with van der Waals surface area (Å²) >= 11 is 0. The van der Waals surface area contributed by atoms with Crippen molar-refractivity contribution < 1.29 is 18.9 Å². The molecule has 6 heteroatoms.